The molecule has 1 fully saturated rings. The van der Waals surface area contributed by atoms with Crippen LogP contribution in [0.4, 0.5) is 4.79 Å². The van der Waals surface area contributed by atoms with E-state index in [1.165, 1.54) is 16.0 Å². The molecular formula is C29H32ClN5O3. The minimum atomic E-state index is -0.629. The molecule has 0 spiro atoms. The summed E-state index contributed by atoms with van der Waals surface area (Å²) in [5.41, 5.74) is 4.31. The summed E-state index contributed by atoms with van der Waals surface area (Å²) in [6.07, 6.45) is 1.62. The average molecular weight is 534 g/mol. The van der Waals surface area contributed by atoms with E-state index in [1.54, 1.807) is 29.2 Å². The lowest BCUT2D eigenvalue weighted by Crippen LogP contribution is -2.51. The van der Waals surface area contributed by atoms with Gasteiger partial charge in [0.1, 0.15) is 6.54 Å². The number of halogens is 1. The average Bonchev–Trinajstić information content (AvgIpc) is 3.23. The van der Waals surface area contributed by atoms with Gasteiger partial charge >= 0.3 is 6.03 Å². The zero-order valence-corrected chi connectivity index (χ0v) is 22.3. The first kappa shape index (κ1) is 26.0. The fourth-order valence-electron chi connectivity index (χ4n) is 5.30. The Balaban J connectivity index is 1.25. The Bertz CT molecular complexity index is 1280. The van der Waals surface area contributed by atoms with Crippen molar-refractivity contribution in [1.82, 2.24) is 24.9 Å². The molecule has 5 rings (SSSR count). The van der Waals surface area contributed by atoms with Crippen LogP contribution in [0.25, 0.3) is 0 Å². The molecule has 0 bridgehead atoms. The molecule has 3 heterocycles. The fraction of sp³-hybridized carbons (Fsp3) is 0.345. The highest BCUT2D eigenvalue weighted by molar-refractivity contribution is 6.30. The van der Waals surface area contributed by atoms with Gasteiger partial charge in [0.05, 0.1) is 23.9 Å². The van der Waals surface area contributed by atoms with Gasteiger partial charge < -0.3 is 15.1 Å². The van der Waals surface area contributed by atoms with Crippen molar-refractivity contribution in [3.63, 3.8) is 0 Å². The number of hydrogen-bond donors (Lipinski definition) is 1. The summed E-state index contributed by atoms with van der Waals surface area (Å²) < 4.78 is 0. The Morgan fingerprint density at radius 3 is 2.53 bits per heavy atom. The van der Waals surface area contributed by atoms with Crippen LogP contribution in [-0.4, -0.2) is 83.3 Å². The third kappa shape index (κ3) is 5.33. The van der Waals surface area contributed by atoms with Crippen LogP contribution in [-0.2, 0) is 16.1 Å². The third-order valence-electron chi connectivity index (χ3n) is 7.37. The van der Waals surface area contributed by atoms with Gasteiger partial charge in [-0.3, -0.25) is 19.4 Å². The number of nitrogens with one attached hydrogen (secondary N) is 1. The van der Waals surface area contributed by atoms with Crippen molar-refractivity contribution >= 4 is 29.4 Å². The molecular weight excluding hydrogens is 502 g/mol. The molecule has 1 atom stereocenters. The summed E-state index contributed by atoms with van der Waals surface area (Å²) in [4.78, 5) is 47.0. The van der Waals surface area contributed by atoms with Gasteiger partial charge in [-0.15, -0.1) is 6.58 Å². The molecule has 4 amide bonds. The first-order valence-electron chi connectivity index (χ1n) is 12.9. The number of benzene rings is 2. The van der Waals surface area contributed by atoms with E-state index in [0.717, 1.165) is 25.2 Å². The number of hydrogen-bond acceptors (Lipinski definition) is 4. The molecule has 1 saturated heterocycles. The van der Waals surface area contributed by atoms with E-state index < -0.39 is 6.04 Å². The van der Waals surface area contributed by atoms with Crippen LogP contribution in [0.5, 0.6) is 0 Å². The first-order valence-corrected chi connectivity index (χ1v) is 13.2. The molecule has 1 N–H and O–H groups in total. The number of piperazine rings is 1. The van der Waals surface area contributed by atoms with E-state index in [4.69, 9.17) is 11.6 Å². The normalized spacial score (nSPS) is 20.1. The molecule has 8 nitrogen and oxygen atoms in total. The topological polar surface area (TPSA) is 76.2 Å². The molecule has 2 aromatic rings. The second-order valence-electron chi connectivity index (χ2n) is 10.0. The Kier molecular flexibility index (Phi) is 7.53. The quantitative estimate of drug-likeness (QED) is 0.554. The Hall–Kier alpha value is -3.62. The van der Waals surface area contributed by atoms with Crippen molar-refractivity contribution in [2.45, 2.75) is 19.5 Å². The van der Waals surface area contributed by atoms with E-state index in [1.807, 2.05) is 11.0 Å². The summed E-state index contributed by atoms with van der Waals surface area (Å²) in [6, 6.07) is 14.7. The lowest BCUT2D eigenvalue weighted by molar-refractivity contribution is -0.139. The minimum Gasteiger partial charge on any atom is -0.339 e. The van der Waals surface area contributed by atoms with Gasteiger partial charge in [0.2, 0.25) is 5.91 Å². The maximum atomic E-state index is 13.6. The number of urea groups is 1. The highest BCUT2D eigenvalue weighted by Crippen LogP contribution is 2.36. The molecule has 3 aliphatic heterocycles. The van der Waals surface area contributed by atoms with Crippen molar-refractivity contribution in [1.29, 1.82) is 0 Å². The monoisotopic (exact) mass is 533 g/mol. The third-order valence-corrected chi connectivity index (χ3v) is 7.60. The van der Waals surface area contributed by atoms with Crippen molar-refractivity contribution in [3.8, 4) is 0 Å². The number of carbonyl (C=O) groups is 3. The minimum absolute atomic E-state index is 0.0256. The van der Waals surface area contributed by atoms with Gasteiger partial charge in [-0.1, -0.05) is 59.6 Å². The predicted octanol–water partition coefficient (Wildman–Crippen LogP) is 3.34. The van der Waals surface area contributed by atoms with Crippen LogP contribution >= 0.6 is 11.6 Å². The maximum Gasteiger partial charge on any atom is 0.322 e. The zero-order chi connectivity index (χ0) is 26.8. The van der Waals surface area contributed by atoms with Crippen molar-refractivity contribution < 1.29 is 14.4 Å². The lowest BCUT2D eigenvalue weighted by atomic mass is 9.95. The molecule has 0 radical (unpaired) electrons. The highest BCUT2D eigenvalue weighted by Gasteiger charge is 2.44. The summed E-state index contributed by atoms with van der Waals surface area (Å²) >= 11 is 6.20. The van der Waals surface area contributed by atoms with E-state index in [9.17, 15) is 14.4 Å². The molecule has 1 unspecified atom stereocenters. The number of carbonyl (C=O) groups excluding carboxylic acids is 3. The second-order valence-corrected chi connectivity index (χ2v) is 10.4. The largest absolute Gasteiger partial charge is 0.339 e. The highest BCUT2D eigenvalue weighted by atomic mass is 35.5. The van der Waals surface area contributed by atoms with Crippen LogP contribution in [0, 0.1) is 6.92 Å². The van der Waals surface area contributed by atoms with Crippen molar-refractivity contribution in [3.05, 3.63) is 94.2 Å². The SMILES string of the molecule is C=CCN1C(=O)NC(c2cccc(Cl)c2)C2=C1CN(CC(=O)N1CCN(Cc3ccc(C)cc3)CC1)C2=O. The molecule has 0 saturated carbocycles. The van der Waals surface area contributed by atoms with Crippen molar-refractivity contribution in [2.24, 2.45) is 0 Å². The van der Waals surface area contributed by atoms with Gasteiger partial charge in [-0.2, -0.15) is 0 Å². The second kappa shape index (κ2) is 11.0. The van der Waals surface area contributed by atoms with Crippen LogP contribution < -0.4 is 5.32 Å². The summed E-state index contributed by atoms with van der Waals surface area (Å²) in [5.74, 6) is -0.326. The van der Waals surface area contributed by atoms with E-state index in [-0.39, 0.29) is 37.5 Å². The van der Waals surface area contributed by atoms with Gasteiger partial charge in [0, 0.05) is 44.3 Å². The van der Waals surface area contributed by atoms with Crippen LogP contribution in [0.1, 0.15) is 22.7 Å². The van der Waals surface area contributed by atoms with Crippen LogP contribution in [0.3, 0.4) is 0 Å². The van der Waals surface area contributed by atoms with Crippen LogP contribution in [0.15, 0.2) is 72.5 Å². The first-order chi connectivity index (χ1) is 18.3. The maximum absolute atomic E-state index is 13.6. The Labute approximate surface area is 228 Å². The molecule has 2 aromatic carbocycles. The predicted molar refractivity (Wildman–Crippen MR) is 146 cm³/mol. The van der Waals surface area contributed by atoms with E-state index >= 15 is 0 Å². The number of aryl methyl sites for hydroxylation is 1. The summed E-state index contributed by atoms with van der Waals surface area (Å²) in [7, 11) is 0. The summed E-state index contributed by atoms with van der Waals surface area (Å²) in [5, 5.41) is 3.46. The summed E-state index contributed by atoms with van der Waals surface area (Å²) in [6.45, 7) is 9.93. The van der Waals surface area contributed by atoms with Gasteiger partial charge in [-0.25, -0.2) is 4.79 Å². The van der Waals surface area contributed by atoms with Gasteiger partial charge in [-0.05, 0) is 30.2 Å². The Morgan fingerprint density at radius 1 is 1.11 bits per heavy atom. The molecule has 38 heavy (non-hydrogen) atoms. The van der Waals surface area contributed by atoms with Crippen LogP contribution in [0.2, 0.25) is 5.02 Å². The molecule has 198 valence electrons. The van der Waals surface area contributed by atoms with Gasteiger partial charge in [0.15, 0.2) is 0 Å². The smallest absolute Gasteiger partial charge is 0.322 e. The Morgan fingerprint density at radius 2 is 1.84 bits per heavy atom. The molecule has 0 aliphatic carbocycles. The van der Waals surface area contributed by atoms with Crippen molar-refractivity contribution in [2.75, 3.05) is 45.8 Å². The number of amides is 4. The molecule has 0 aromatic heterocycles. The molecule has 3 aliphatic rings. The zero-order valence-electron chi connectivity index (χ0n) is 21.5. The standard InChI is InChI=1S/C29H32ClN5O3/c1-3-11-35-24-18-34(28(37)26(24)27(31-29(35)38)22-5-4-6-23(30)16-22)19-25(36)33-14-12-32(13-15-33)17-21-9-7-20(2)8-10-21/h3-10,16,27H,1,11-15,17-19H2,2H3,(H,31,38). The lowest BCUT2D eigenvalue weighted by Gasteiger charge is -2.35. The van der Waals surface area contributed by atoms with E-state index in [2.05, 4.69) is 48.0 Å². The fourth-order valence-corrected chi connectivity index (χ4v) is 5.50. The number of rotatable bonds is 7. The molecule has 9 heteroatoms. The van der Waals surface area contributed by atoms with E-state index in [0.29, 0.717) is 29.4 Å². The number of nitrogens with zero attached hydrogens (tertiary/aromatic N) is 4. The van der Waals surface area contributed by atoms with Gasteiger partial charge in [0.25, 0.3) is 5.91 Å².